The van der Waals surface area contributed by atoms with Crippen LogP contribution in [-0.2, 0) is 20.5 Å². The summed E-state index contributed by atoms with van der Waals surface area (Å²) in [4.78, 5) is 11.9. The van der Waals surface area contributed by atoms with Crippen molar-refractivity contribution < 1.29 is 14.0 Å². The predicted molar refractivity (Wildman–Crippen MR) is 81.2 cm³/mol. The Labute approximate surface area is 127 Å². The van der Waals surface area contributed by atoms with Crippen LogP contribution in [0.1, 0.15) is 39.1 Å². The van der Waals surface area contributed by atoms with Crippen molar-refractivity contribution in [3.63, 3.8) is 0 Å². The highest BCUT2D eigenvalue weighted by Crippen LogP contribution is 2.42. The average molecular weight is 311 g/mol. The fourth-order valence-corrected chi connectivity index (χ4v) is 3.57. The van der Waals surface area contributed by atoms with Crippen molar-refractivity contribution in [1.29, 1.82) is 0 Å². The van der Waals surface area contributed by atoms with Gasteiger partial charge in [0, 0.05) is 6.54 Å². The van der Waals surface area contributed by atoms with Crippen molar-refractivity contribution in [3.8, 4) is 0 Å². The maximum atomic E-state index is 11.9. The van der Waals surface area contributed by atoms with Crippen molar-refractivity contribution in [1.82, 2.24) is 14.8 Å². The zero-order valence-electron chi connectivity index (χ0n) is 13.7. The van der Waals surface area contributed by atoms with E-state index < -0.39 is 8.32 Å². The Bertz CT molecular complexity index is 522. The number of hydrogen-bond acceptors (Lipinski definition) is 5. The van der Waals surface area contributed by atoms with Gasteiger partial charge in [-0.1, -0.05) is 20.8 Å². The van der Waals surface area contributed by atoms with Crippen LogP contribution in [0, 0.1) is 5.92 Å². The fourth-order valence-electron chi connectivity index (χ4n) is 2.30. The Morgan fingerprint density at radius 3 is 2.67 bits per heavy atom. The van der Waals surface area contributed by atoms with Gasteiger partial charge in [-0.15, -0.1) is 10.2 Å². The zero-order chi connectivity index (χ0) is 15.8. The molecule has 0 fully saturated rings. The van der Waals surface area contributed by atoms with Crippen LogP contribution >= 0.6 is 0 Å². The first kappa shape index (κ1) is 16.2. The molecule has 2 rings (SSSR count). The highest BCUT2D eigenvalue weighted by atomic mass is 28.4. The average Bonchev–Trinajstić information content (AvgIpc) is 2.84. The molecule has 0 radical (unpaired) electrons. The van der Waals surface area contributed by atoms with Crippen LogP contribution in [0.4, 0.5) is 0 Å². The standard InChI is InChI=1S/C14H25N3O3Si/c1-14(2,3)21(5,6)20-11-7-10(13(18)19-4)8-17-9-15-16-12(11)17/h9-11H,7-8H2,1-6H3. The number of hydrogen-bond donors (Lipinski definition) is 0. The molecule has 1 aromatic heterocycles. The minimum Gasteiger partial charge on any atom is -0.469 e. The van der Waals surface area contributed by atoms with E-state index in [1.165, 1.54) is 7.11 Å². The van der Waals surface area contributed by atoms with Gasteiger partial charge in [0.25, 0.3) is 0 Å². The van der Waals surface area contributed by atoms with Crippen LogP contribution in [0.5, 0.6) is 0 Å². The molecule has 1 aliphatic rings. The van der Waals surface area contributed by atoms with Gasteiger partial charge in [-0.25, -0.2) is 0 Å². The van der Waals surface area contributed by atoms with E-state index >= 15 is 0 Å². The molecule has 0 spiro atoms. The summed E-state index contributed by atoms with van der Waals surface area (Å²) in [6.45, 7) is 11.6. The second kappa shape index (κ2) is 5.53. The van der Waals surface area contributed by atoms with E-state index in [0.29, 0.717) is 13.0 Å². The van der Waals surface area contributed by atoms with Crippen molar-refractivity contribution in [2.24, 2.45) is 5.92 Å². The number of fused-ring (bicyclic) bond motifs is 1. The summed E-state index contributed by atoms with van der Waals surface area (Å²) in [5.74, 6) is 0.423. The summed E-state index contributed by atoms with van der Waals surface area (Å²) in [5, 5.41) is 8.25. The third kappa shape index (κ3) is 3.18. The minimum absolute atomic E-state index is 0.107. The van der Waals surface area contributed by atoms with Crippen molar-refractivity contribution in [3.05, 3.63) is 12.2 Å². The topological polar surface area (TPSA) is 66.2 Å². The van der Waals surface area contributed by atoms with Gasteiger partial charge in [-0.05, 0) is 24.6 Å². The van der Waals surface area contributed by atoms with Crippen molar-refractivity contribution in [2.75, 3.05) is 7.11 Å². The molecular formula is C14H25N3O3Si. The molecule has 1 aromatic rings. The Kier molecular flexibility index (Phi) is 4.26. The van der Waals surface area contributed by atoms with Crippen molar-refractivity contribution in [2.45, 2.75) is 58.0 Å². The molecule has 7 heteroatoms. The number of methoxy groups -OCH3 is 1. The van der Waals surface area contributed by atoms with E-state index in [-0.39, 0.29) is 23.0 Å². The SMILES string of the molecule is COC(=O)C1CC(O[Si](C)(C)C(C)(C)C)c2nncn2C1. The molecule has 0 amide bonds. The van der Waals surface area contributed by atoms with E-state index in [4.69, 9.17) is 9.16 Å². The Hall–Kier alpha value is -1.21. The lowest BCUT2D eigenvalue weighted by Gasteiger charge is -2.40. The summed E-state index contributed by atoms with van der Waals surface area (Å²) in [7, 11) is -0.518. The normalized spacial score (nSPS) is 22.8. The molecule has 0 bridgehead atoms. The van der Waals surface area contributed by atoms with Gasteiger partial charge in [0.2, 0.25) is 0 Å². The van der Waals surface area contributed by atoms with Gasteiger partial charge in [-0.3, -0.25) is 4.79 Å². The van der Waals surface area contributed by atoms with Gasteiger partial charge in [-0.2, -0.15) is 0 Å². The fraction of sp³-hybridized carbons (Fsp3) is 0.786. The molecular weight excluding hydrogens is 286 g/mol. The Morgan fingerprint density at radius 2 is 2.10 bits per heavy atom. The first-order valence-corrected chi connectivity index (χ1v) is 10.2. The third-order valence-corrected chi connectivity index (χ3v) is 9.11. The van der Waals surface area contributed by atoms with E-state index in [1.54, 1.807) is 6.33 Å². The largest absolute Gasteiger partial charge is 0.469 e. The molecule has 118 valence electrons. The molecule has 2 unspecified atom stereocenters. The monoisotopic (exact) mass is 311 g/mol. The first-order valence-electron chi connectivity index (χ1n) is 7.29. The number of esters is 1. The van der Waals surface area contributed by atoms with Crippen LogP contribution < -0.4 is 0 Å². The lowest BCUT2D eigenvalue weighted by Crippen LogP contribution is -2.44. The minimum atomic E-state index is -1.94. The molecule has 0 saturated carbocycles. The number of nitrogens with zero attached hydrogens (tertiary/aromatic N) is 3. The van der Waals surface area contributed by atoms with Crippen LogP contribution in [-0.4, -0.2) is 36.2 Å². The van der Waals surface area contributed by atoms with E-state index in [2.05, 4.69) is 44.1 Å². The molecule has 6 nitrogen and oxygen atoms in total. The lowest BCUT2D eigenvalue weighted by molar-refractivity contribution is -0.147. The molecule has 0 aliphatic carbocycles. The molecule has 0 aromatic carbocycles. The molecule has 2 heterocycles. The van der Waals surface area contributed by atoms with Gasteiger partial charge < -0.3 is 13.7 Å². The second-order valence-electron chi connectivity index (χ2n) is 7.16. The highest BCUT2D eigenvalue weighted by Gasteiger charge is 2.43. The van der Waals surface area contributed by atoms with Crippen molar-refractivity contribution >= 4 is 14.3 Å². The Morgan fingerprint density at radius 1 is 1.43 bits per heavy atom. The molecule has 0 saturated heterocycles. The predicted octanol–water partition coefficient (Wildman–Crippen LogP) is 2.53. The van der Waals surface area contributed by atoms with Gasteiger partial charge in [0.05, 0.1) is 13.0 Å². The summed E-state index contributed by atoms with van der Waals surface area (Å²) >= 11 is 0. The summed E-state index contributed by atoms with van der Waals surface area (Å²) in [6, 6.07) is 0. The summed E-state index contributed by atoms with van der Waals surface area (Å²) in [5.41, 5.74) is 0. The smallest absolute Gasteiger partial charge is 0.310 e. The maximum Gasteiger partial charge on any atom is 0.310 e. The summed E-state index contributed by atoms with van der Waals surface area (Å²) in [6.07, 6.45) is 2.08. The second-order valence-corrected chi connectivity index (χ2v) is 11.9. The maximum absolute atomic E-state index is 11.9. The Balaban J connectivity index is 2.25. The van der Waals surface area contributed by atoms with Crippen LogP contribution in [0.3, 0.4) is 0 Å². The van der Waals surface area contributed by atoms with Crippen LogP contribution in [0.15, 0.2) is 6.33 Å². The summed E-state index contributed by atoms with van der Waals surface area (Å²) < 4.78 is 13.3. The quantitative estimate of drug-likeness (QED) is 0.634. The highest BCUT2D eigenvalue weighted by molar-refractivity contribution is 6.74. The lowest BCUT2D eigenvalue weighted by atomic mass is 9.97. The third-order valence-electron chi connectivity index (χ3n) is 4.63. The van der Waals surface area contributed by atoms with Gasteiger partial charge in [0.1, 0.15) is 12.4 Å². The molecule has 2 atom stereocenters. The molecule has 0 N–H and O–H groups in total. The van der Waals surface area contributed by atoms with E-state index in [0.717, 1.165) is 5.82 Å². The number of aromatic nitrogens is 3. The van der Waals surface area contributed by atoms with Crippen LogP contribution in [0.2, 0.25) is 18.1 Å². The number of ether oxygens (including phenoxy) is 1. The zero-order valence-corrected chi connectivity index (χ0v) is 14.7. The van der Waals surface area contributed by atoms with Crippen LogP contribution in [0.25, 0.3) is 0 Å². The molecule has 21 heavy (non-hydrogen) atoms. The van der Waals surface area contributed by atoms with Gasteiger partial charge in [0.15, 0.2) is 14.1 Å². The number of carbonyl (C=O) groups is 1. The number of carbonyl (C=O) groups excluding carboxylic acids is 1. The van der Waals surface area contributed by atoms with E-state index in [1.807, 2.05) is 4.57 Å². The van der Waals surface area contributed by atoms with Gasteiger partial charge >= 0.3 is 5.97 Å². The number of rotatable bonds is 3. The van der Waals surface area contributed by atoms with E-state index in [9.17, 15) is 4.79 Å². The first-order chi connectivity index (χ1) is 9.65. The molecule has 1 aliphatic heterocycles.